The molecule has 0 unspecified atom stereocenters. The van der Waals surface area contributed by atoms with E-state index < -0.39 is 11.6 Å². The summed E-state index contributed by atoms with van der Waals surface area (Å²) >= 11 is 6.16. The maximum absolute atomic E-state index is 13.5. The second kappa shape index (κ2) is 6.35. The molecule has 0 aliphatic heterocycles. The van der Waals surface area contributed by atoms with Gasteiger partial charge in [0.15, 0.2) is 11.6 Å². The number of aromatic nitrogens is 2. The van der Waals surface area contributed by atoms with Gasteiger partial charge in [0.05, 0.1) is 22.8 Å². The number of rotatable bonds is 5. The highest BCUT2D eigenvalue weighted by Crippen LogP contribution is 2.22. The number of hydrogen-bond acceptors (Lipinski definition) is 2. The van der Waals surface area contributed by atoms with E-state index in [2.05, 4.69) is 5.10 Å². The number of benzene rings is 1. The Kier molecular flexibility index (Phi) is 4.73. The Balaban J connectivity index is 2.16. The molecule has 0 fully saturated rings. The Labute approximate surface area is 126 Å². The third-order valence-corrected chi connectivity index (χ3v) is 3.72. The van der Waals surface area contributed by atoms with Gasteiger partial charge in [0.2, 0.25) is 0 Å². The van der Waals surface area contributed by atoms with Crippen molar-refractivity contribution in [2.24, 2.45) is 7.05 Å². The molecular weight excluding hydrogens is 298 g/mol. The smallest absolute Gasteiger partial charge is 0.162 e. The van der Waals surface area contributed by atoms with Gasteiger partial charge in [-0.25, -0.2) is 8.78 Å². The second-order valence-electron chi connectivity index (χ2n) is 4.79. The molecule has 21 heavy (non-hydrogen) atoms. The van der Waals surface area contributed by atoms with Gasteiger partial charge in [0.1, 0.15) is 5.78 Å². The molecule has 2 rings (SSSR count). The lowest BCUT2D eigenvalue weighted by Gasteiger charge is -2.05. The summed E-state index contributed by atoms with van der Waals surface area (Å²) in [5, 5.41) is 4.68. The summed E-state index contributed by atoms with van der Waals surface area (Å²) in [5.74, 6) is -2.17. The molecule has 0 radical (unpaired) electrons. The second-order valence-corrected chi connectivity index (χ2v) is 5.17. The number of hydrogen-bond donors (Lipinski definition) is 0. The lowest BCUT2D eigenvalue weighted by atomic mass is 10.0. The Hall–Kier alpha value is -1.75. The molecule has 0 aliphatic rings. The van der Waals surface area contributed by atoms with Crippen LogP contribution in [0.15, 0.2) is 18.2 Å². The molecule has 1 aromatic heterocycles. The maximum Gasteiger partial charge on any atom is 0.162 e. The third kappa shape index (κ3) is 3.29. The summed E-state index contributed by atoms with van der Waals surface area (Å²) in [5.41, 5.74) is 1.36. The summed E-state index contributed by atoms with van der Waals surface area (Å²) < 4.78 is 28.2. The number of nitrogens with zero attached hydrogens (tertiary/aromatic N) is 2. The van der Waals surface area contributed by atoms with Gasteiger partial charge in [0, 0.05) is 13.5 Å². The van der Waals surface area contributed by atoms with Crippen molar-refractivity contribution in [3.05, 3.63) is 51.8 Å². The number of ketones is 1. The number of carbonyl (C=O) groups excluding carboxylic acids is 1. The Morgan fingerprint density at radius 2 is 2.05 bits per heavy atom. The predicted molar refractivity (Wildman–Crippen MR) is 76.4 cm³/mol. The average molecular weight is 313 g/mol. The van der Waals surface area contributed by atoms with Crippen LogP contribution in [-0.4, -0.2) is 15.6 Å². The van der Waals surface area contributed by atoms with Gasteiger partial charge in [-0.3, -0.25) is 9.48 Å². The van der Waals surface area contributed by atoms with Gasteiger partial charge in [-0.15, -0.1) is 0 Å². The topological polar surface area (TPSA) is 34.9 Å². The van der Waals surface area contributed by atoms with E-state index in [0.29, 0.717) is 17.1 Å². The van der Waals surface area contributed by atoms with Crippen LogP contribution in [0.3, 0.4) is 0 Å². The zero-order chi connectivity index (χ0) is 15.6. The molecular formula is C15H15ClF2N2O. The third-order valence-electron chi connectivity index (χ3n) is 3.29. The van der Waals surface area contributed by atoms with Crippen molar-refractivity contribution in [1.29, 1.82) is 0 Å². The van der Waals surface area contributed by atoms with Gasteiger partial charge in [-0.1, -0.05) is 30.7 Å². The first kappa shape index (κ1) is 15.6. The van der Waals surface area contributed by atoms with E-state index in [1.54, 1.807) is 11.7 Å². The van der Waals surface area contributed by atoms with Gasteiger partial charge < -0.3 is 0 Å². The van der Waals surface area contributed by atoms with Crippen LogP contribution in [0.1, 0.15) is 23.9 Å². The Morgan fingerprint density at radius 1 is 1.33 bits per heavy atom. The quantitative estimate of drug-likeness (QED) is 0.849. The Morgan fingerprint density at radius 3 is 2.67 bits per heavy atom. The summed E-state index contributed by atoms with van der Waals surface area (Å²) in [6, 6.07) is 3.81. The summed E-state index contributed by atoms with van der Waals surface area (Å²) in [7, 11) is 1.70. The van der Waals surface area contributed by atoms with Gasteiger partial charge >= 0.3 is 0 Å². The molecule has 6 heteroatoms. The first-order chi connectivity index (χ1) is 9.93. The van der Waals surface area contributed by atoms with Gasteiger partial charge in [0.25, 0.3) is 0 Å². The van der Waals surface area contributed by atoms with Crippen molar-refractivity contribution in [2.75, 3.05) is 0 Å². The number of halogens is 3. The molecule has 1 heterocycles. The fraction of sp³-hybridized carbons (Fsp3) is 0.333. The van der Waals surface area contributed by atoms with Crippen LogP contribution in [0.25, 0.3) is 0 Å². The van der Waals surface area contributed by atoms with Crippen molar-refractivity contribution in [3.63, 3.8) is 0 Å². The SMILES string of the molecule is CCc1nn(C)c(CC(=O)Cc2cccc(F)c2F)c1Cl. The molecule has 1 aromatic carbocycles. The summed E-state index contributed by atoms with van der Waals surface area (Å²) in [4.78, 5) is 12.1. The minimum Gasteiger partial charge on any atom is -0.299 e. The molecule has 0 spiro atoms. The fourth-order valence-electron chi connectivity index (χ4n) is 2.16. The van der Waals surface area contributed by atoms with E-state index in [-0.39, 0.29) is 24.2 Å². The van der Waals surface area contributed by atoms with E-state index >= 15 is 0 Å². The molecule has 0 aliphatic carbocycles. The highest BCUT2D eigenvalue weighted by atomic mass is 35.5. The lowest BCUT2D eigenvalue weighted by molar-refractivity contribution is -0.117. The van der Waals surface area contributed by atoms with E-state index in [1.807, 2.05) is 6.92 Å². The van der Waals surface area contributed by atoms with E-state index in [0.717, 1.165) is 11.8 Å². The molecule has 0 saturated carbocycles. The lowest BCUT2D eigenvalue weighted by Crippen LogP contribution is -2.11. The van der Waals surface area contributed by atoms with E-state index in [4.69, 9.17) is 11.6 Å². The number of Topliss-reactive ketones (excluding diaryl/α,β-unsaturated/α-hetero) is 1. The van der Waals surface area contributed by atoms with Gasteiger partial charge in [-0.05, 0) is 18.1 Å². The highest BCUT2D eigenvalue weighted by Gasteiger charge is 2.18. The Bertz CT molecular complexity index is 683. The van der Waals surface area contributed by atoms with Crippen LogP contribution >= 0.6 is 11.6 Å². The van der Waals surface area contributed by atoms with Crippen LogP contribution < -0.4 is 0 Å². The molecule has 0 amide bonds. The van der Waals surface area contributed by atoms with Crippen LogP contribution in [0.2, 0.25) is 5.02 Å². The molecule has 0 saturated heterocycles. The molecule has 0 atom stereocenters. The average Bonchev–Trinajstić information content (AvgIpc) is 2.71. The predicted octanol–water partition coefficient (Wildman–Crippen LogP) is 3.27. The van der Waals surface area contributed by atoms with Gasteiger partial charge in [-0.2, -0.15) is 5.10 Å². The van der Waals surface area contributed by atoms with Crippen molar-refractivity contribution >= 4 is 17.4 Å². The molecule has 112 valence electrons. The number of aryl methyl sites for hydroxylation is 2. The summed E-state index contributed by atoms with van der Waals surface area (Å²) in [6.07, 6.45) is 0.532. The van der Waals surface area contributed by atoms with Crippen molar-refractivity contribution in [2.45, 2.75) is 26.2 Å². The first-order valence-corrected chi connectivity index (χ1v) is 6.96. The fourth-order valence-corrected chi connectivity index (χ4v) is 2.52. The van der Waals surface area contributed by atoms with E-state index in [1.165, 1.54) is 12.1 Å². The summed E-state index contributed by atoms with van der Waals surface area (Å²) in [6.45, 7) is 1.92. The van der Waals surface area contributed by atoms with Crippen LogP contribution in [0.5, 0.6) is 0 Å². The largest absolute Gasteiger partial charge is 0.299 e. The van der Waals surface area contributed by atoms with Crippen molar-refractivity contribution in [1.82, 2.24) is 9.78 Å². The molecule has 0 N–H and O–H groups in total. The maximum atomic E-state index is 13.5. The first-order valence-electron chi connectivity index (χ1n) is 6.58. The molecule has 0 bridgehead atoms. The molecule has 3 nitrogen and oxygen atoms in total. The van der Waals surface area contributed by atoms with Crippen molar-refractivity contribution < 1.29 is 13.6 Å². The zero-order valence-corrected chi connectivity index (χ0v) is 12.5. The van der Waals surface area contributed by atoms with E-state index in [9.17, 15) is 13.6 Å². The molecule has 2 aromatic rings. The van der Waals surface area contributed by atoms with Crippen LogP contribution in [0, 0.1) is 11.6 Å². The van der Waals surface area contributed by atoms with Crippen molar-refractivity contribution in [3.8, 4) is 0 Å². The normalized spacial score (nSPS) is 10.9. The minimum absolute atomic E-state index is 0.0400. The number of carbonyl (C=O) groups is 1. The minimum atomic E-state index is -0.976. The monoisotopic (exact) mass is 312 g/mol. The van der Waals surface area contributed by atoms with Crippen LogP contribution in [-0.2, 0) is 31.1 Å². The van der Waals surface area contributed by atoms with Crippen LogP contribution in [0.4, 0.5) is 8.78 Å². The standard InChI is InChI=1S/C15H15ClF2N2O/c1-3-12-14(16)13(20(2)19-12)8-10(21)7-9-5-4-6-11(17)15(9)18/h4-6H,3,7-8H2,1-2H3. The highest BCUT2D eigenvalue weighted by molar-refractivity contribution is 6.32. The zero-order valence-electron chi connectivity index (χ0n) is 11.8.